The number of carbonyl (C=O) groups excluding carboxylic acids is 1. The third-order valence-corrected chi connectivity index (χ3v) is 3.31. The van der Waals surface area contributed by atoms with E-state index in [0.717, 1.165) is 6.07 Å². The SMILES string of the molecule is CN(CCO)C(=O)c1ccc(OCc2cccc(F)c2F)cc1. The quantitative estimate of drug-likeness (QED) is 0.890. The first-order valence-electron chi connectivity index (χ1n) is 7.05. The highest BCUT2D eigenvalue weighted by Gasteiger charge is 2.11. The van der Waals surface area contributed by atoms with E-state index in [-0.39, 0.29) is 31.2 Å². The van der Waals surface area contributed by atoms with Crippen LogP contribution in [0.25, 0.3) is 0 Å². The second-order valence-corrected chi connectivity index (χ2v) is 4.98. The monoisotopic (exact) mass is 321 g/mol. The summed E-state index contributed by atoms with van der Waals surface area (Å²) in [5, 5.41) is 8.83. The first kappa shape index (κ1) is 16.9. The van der Waals surface area contributed by atoms with E-state index in [4.69, 9.17) is 9.84 Å². The Morgan fingerprint density at radius 2 is 1.87 bits per heavy atom. The van der Waals surface area contributed by atoms with E-state index in [1.807, 2.05) is 0 Å². The van der Waals surface area contributed by atoms with Gasteiger partial charge < -0.3 is 14.7 Å². The van der Waals surface area contributed by atoms with Crippen molar-refractivity contribution in [1.29, 1.82) is 0 Å². The normalized spacial score (nSPS) is 10.4. The minimum Gasteiger partial charge on any atom is -0.489 e. The third kappa shape index (κ3) is 4.26. The van der Waals surface area contributed by atoms with Gasteiger partial charge in [-0.25, -0.2) is 8.78 Å². The summed E-state index contributed by atoms with van der Waals surface area (Å²) in [6.07, 6.45) is 0. The molecule has 6 heteroatoms. The van der Waals surface area contributed by atoms with E-state index in [1.165, 1.54) is 17.0 Å². The molecular formula is C17H17F2NO3. The maximum absolute atomic E-state index is 13.5. The van der Waals surface area contributed by atoms with E-state index in [2.05, 4.69) is 0 Å². The molecule has 0 atom stereocenters. The molecule has 0 aliphatic carbocycles. The zero-order chi connectivity index (χ0) is 16.8. The van der Waals surface area contributed by atoms with E-state index in [0.29, 0.717) is 11.3 Å². The minimum atomic E-state index is -0.926. The van der Waals surface area contributed by atoms with Crippen molar-refractivity contribution in [1.82, 2.24) is 4.90 Å². The molecule has 0 radical (unpaired) electrons. The summed E-state index contributed by atoms with van der Waals surface area (Å²) in [5.74, 6) is -1.62. The van der Waals surface area contributed by atoms with Crippen LogP contribution in [0.15, 0.2) is 42.5 Å². The summed E-state index contributed by atoms with van der Waals surface area (Å²) < 4.78 is 32.0. The maximum atomic E-state index is 13.5. The summed E-state index contributed by atoms with van der Waals surface area (Å²) in [6.45, 7) is 0.0276. The molecule has 0 saturated heterocycles. The molecule has 0 saturated carbocycles. The Morgan fingerprint density at radius 1 is 1.17 bits per heavy atom. The predicted octanol–water partition coefficient (Wildman–Crippen LogP) is 2.61. The van der Waals surface area contributed by atoms with Crippen LogP contribution in [-0.4, -0.2) is 36.1 Å². The molecule has 0 aliphatic heterocycles. The molecule has 2 aromatic carbocycles. The van der Waals surface area contributed by atoms with E-state index in [9.17, 15) is 13.6 Å². The van der Waals surface area contributed by atoms with Crippen molar-refractivity contribution in [2.45, 2.75) is 6.61 Å². The second kappa shape index (κ2) is 7.69. The first-order chi connectivity index (χ1) is 11.0. The van der Waals surface area contributed by atoms with Gasteiger partial charge in [0.25, 0.3) is 5.91 Å². The van der Waals surface area contributed by atoms with Crippen molar-refractivity contribution < 1.29 is 23.4 Å². The summed E-state index contributed by atoms with van der Waals surface area (Å²) in [5.41, 5.74) is 0.568. The molecule has 0 heterocycles. The minimum absolute atomic E-state index is 0.108. The van der Waals surface area contributed by atoms with Gasteiger partial charge in [-0.1, -0.05) is 12.1 Å². The molecule has 1 amide bonds. The van der Waals surface area contributed by atoms with Gasteiger partial charge in [0.2, 0.25) is 0 Å². The van der Waals surface area contributed by atoms with Crippen LogP contribution in [0.1, 0.15) is 15.9 Å². The number of carbonyl (C=O) groups is 1. The summed E-state index contributed by atoms with van der Waals surface area (Å²) in [7, 11) is 1.59. The van der Waals surface area contributed by atoms with E-state index >= 15 is 0 Å². The number of rotatable bonds is 6. The number of aliphatic hydroxyl groups is 1. The van der Waals surface area contributed by atoms with Crippen LogP contribution in [0.4, 0.5) is 8.78 Å². The fraction of sp³-hybridized carbons (Fsp3) is 0.235. The van der Waals surface area contributed by atoms with Gasteiger partial charge >= 0.3 is 0 Å². The Balaban J connectivity index is 2.00. The van der Waals surface area contributed by atoms with Gasteiger partial charge in [-0.2, -0.15) is 0 Å². The maximum Gasteiger partial charge on any atom is 0.253 e. The Hall–Kier alpha value is -2.47. The lowest BCUT2D eigenvalue weighted by atomic mass is 10.2. The summed E-state index contributed by atoms with van der Waals surface area (Å²) in [4.78, 5) is 13.4. The molecule has 122 valence electrons. The van der Waals surface area contributed by atoms with Crippen LogP contribution >= 0.6 is 0 Å². The fourth-order valence-electron chi connectivity index (χ4n) is 1.99. The highest BCUT2D eigenvalue weighted by Crippen LogP contribution is 2.17. The Morgan fingerprint density at radius 3 is 2.52 bits per heavy atom. The topological polar surface area (TPSA) is 49.8 Å². The number of hydrogen-bond acceptors (Lipinski definition) is 3. The molecule has 0 bridgehead atoms. The van der Waals surface area contributed by atoms with Gasteiger partial charge in [0, 0.05) is 24.7 Å². The van der Waals surface area contributed by atoms with Crippen molar-refractivity contribution in [3.05, 3.63) is 65.2 Å². The van der Waals surface area contributed by atoms with Crippen LogP contribution < -0.4 is 4.74 Å². The Labute approximate surface area is 132 Å². The van der Waals surface area contributed by atoms with Crippen LogP contribution in [0.5, 0.6) is 5.75 Å². The summed E-state index contributed by atoms with van der Waals surface area (Å²) in [6, 6.07) is 10.2. The molecule has 0 aliphatic rings. The highest BCUT2D eigenvalue weighted by molar-refractivity contribution is 5.94. The summed E-state index contributed by atoms with van der Waals surface area (Å²) >= 11 is 0. The van der Waals surface area contributed by atoms with Crippen molar-refractivity contribution in [2.75, 3.05) is 20.2 Å². The number of halogens is 2. The van der Waals surface area contributed by atoms with Crippen LogP contribution in [0.3, 0.4) is 0 Å². The van der Waals surface area contributed by atoms with Gasteiger partial charge in [-0.3, -0.25) is 4.79 Å². The molecule has 1 N–H and O–H groups in total. The average Bonchev–Trinajstić information content (AvgIpc) is 2.56. The standard InChI is InChI=1S/C17H17F2NO3/c1-20(9-10-21)17(22)12-5-7-14(8-6-12)23-11-13-3-2-4-15(18)16(13)19/h2-8,21H,9-11H2,1H3. The van der Waals surface area contributed by atoms with Crippen molar-refractivity contribution in [3.8, 4) is 5.75 Å². The number of benzene rings is 2. The lowest BCUT2D eigenvalue weighted by molar-refractivity contribution is 0.0767. The molecule has 0 unspecified atom stereocenters. The lowest BCUT2D eigenvalue weighted by Crippen LogP contribution is -2.29. The number of likely N-dealkylation sites (N-methyl/N-ethyl adjacent to an activating group) is 1. The molecular weight excluding hydrogens is 304 g/mol. The molecule has 0 aromatic heterocycles. The Kier molecular flexibility index (Phi) is 5.65. The molecule has 2 aromatic rings. The molecule has 0 spiro atoms. The van der Waals surface area contributed by atoms with Gasteiger partial charge in [-0.05, 0) is 30.3 Å². The first-order valence-corrected chi connectivity index (χ1v) is 7.05. The smallest absolute Gasteiger partial charge is 0.253 e. The van der Waals surface area contributed by atoms with Gasteiger partial charge in [0.05, 0.1) is 6.61 Å². The molecule has 4 nitrogen and oxygen atoms in total. The molecule has 0 fully saturated rings. The van der Waals surface area contributed by atoms with Crippen molar-refractivity contribution in [2.24, 2.45) is 0 Å². The largest absolute Gasteiger partial charge is 0.489 e. The predicted molar refractivity (Wildman–Crippen MR) is 81.2 cm³/mol. The van der Waals surface area contributed by atoms with Crippen LogP contribution in [0.2, 0.25) is 0 Å². The zero-order valence-corrected chi connectivity index (χ0v) is 12.6. The number of hydrogen-bond donors (Lipinski definition) is 1. The van der Waals surface area contributed by atoms with Gasteiger partial charge in [0.1, 0.15) is 12.4 Å². The average molecular weight is 321 g/mol. The lowest BCUT2D eigenvalue weighted by Gasteiger charge is -2.15. The van der Waals surface area contributed by atoms with Gasteiger partial charge in [-0.15, -0.1) is 0 Å². The van der Waals surface area contributed by atoms with Crippen molar-refractivity contribution >= 4 is 5.91 Å². The van der Waals surface area contributed by atoms with Crippen LogP contribution in [-0.2, 0) is 6.61 Å². The zero-order valence-electron chi connectivity index (χ0n) is 12.6. The van der Waals surface area contributed by atoms with E-state index in [1.54, 1.807) is 31.3 Å². The van der Waals surface area contributed by atoms with Crippen molar-refractivity contribution in [3.63, 3.8) is 0 Å². The fourth-order valence-corrected chi connectivity index (χ4v) is 1.99. The second-order valence-electron chi connectivity index (χ2n) is 4.98. The Bertz CT molecular complexity index is 674. The number of ether oxygens (including phenoxy) is 1. The van der Waals surface area contributed by atoms with Gasteiger partial charge in [0.15, 0.2) is 11.6 Å². The number of nitrogens with zero attached hydrogens (tertiary/aromatic N) is 1. The number of amides is 1. The highest BCUT2D eigenvalue weighted by atomic mass is 19.2. The molecule has 23 heavy (non-hydrogen) atoms. The van der Waals surface area contributed by atoms with Crippen LogP contribution in [0, 0.1) is 11.6 Å². The number of aliphatic hydroxyl groups excluding tert-OH is 1. The third-order valence-electron chi connectivity index (χ3n) is 3.31. The van der Waals surface area contributed by atoms with E-state index < -0.39 is 11.6 Å². The molecule has 2 rings (SSSR count).